The highest BCUT2D eigenvalue weighted by Crippen LogP contribution is 2.16. The zero-order valence-corrected chi connectivity index (χ0v) is 11.2. The number of pyridine rings is 2. The van der Waals surface area contributed by atoms with E-state index in [-0.39, 0.29) is 17.1 Å². The lowest BCUT2D eigenvalue weighted by atomic mass is 10.2. The van der Waals surface area contributed by atoms with Gasteiger partial charge in [-0.3, -0.25) is 9.97 Å². The predicted molar refractivity (Wildman–Crippen MR) is 71.6 cm³/mol. The van der Waals surface area contributed by atoms with E-state index in [4.69, 9.17) is 5.73 Å². The average Bonchev–Trinajstić information content (AvgIpc) is 2.38. The highest BCUT2D eigenvalue weighted by molar-refractivity contribution is 7.89. The number of nitrogen functional groups attached to an aromatic ring is 1. The number of hydrogen-bond acceptors (Lipinski definition) is 5. The fraction of sp³-hybridized carbons (Fsp3) is 0.167. The zero-order valence-electron chi connectivity index (χ0n) is 10.4. The van der Waals surface area contributed by atoms with E-state index in [1.54, 1.807) is 12.3 Å². The molecule has 0 radical (unpaired) electrons. The molecule has 0 atom stereocenters. The summed E-state index contributed by atoms with van der Waals surface area (Å²) < 4.78 is 26.6. The summed E-state index contributed by atoms with van der Waals surface area (Å²) in [6.07, 6.45) is 4.29. The third-order valence-electron chi connectivity index (χ3n) is 2.65. The molecule has 7 heteroatoms. The summed E-state index contributed by atoms with van der Waals surface area (Å²) in [5, 5.41) is 0. The van der Waals surface area contributed by atoms with Gasteiger partial charge in [0.25, 0.3) is 0 Å². The third-order valence-corrected chi connectivity index (χ3v) is 4.10. The van der Waals surface area contributed by atoms with Gasteiger partial charge in [0.05, 0.1) is 17.9 Å². The van der Waals surface area contributed by atoms with Gasteiger partial charge in [-0.15, -0.1) is 0 Å². The predicted octanol–water partition coefficient (Wildman–Crippen LogP) is 0.846. The minimum atomic E-state index is -3.68. The first-order valence-electron chi connectivity index (χ1n) is 5.60. The summed E-state index contributed by atoms with van der Waals surface area (Å²) in [6, 6.07) is 5.11. The topological polar surface area (TPSA) is 98.0 Å². The summed E-state index contributed by atoms with van der Waals surface area (Å²) in [4.78, 5) is 7.87. The average molecular weight is 278 g/mol. The van der Waals surface area contributed by atoms with Crippen LogP contribution in [0, 0.1) is 6.92 Å². The highest BCUT2D eigenvalue weighted by atomic mass is 32.2. The van der Waals surface area contributed by atoms with Gasteiger partial charge in [-0.2, -0.15) is 0 Å². The molecule has 0 aliphatic rings. The molecule has 0 unspecified atom stereocenters. The number of nitrogens with zero attached hydrogens (tertiary/aromatic N) is 2. The van der Waals surface area contributed by atoms with Crippen LogP contribution in [0.2, 0.25) is 0 Å². The number of aryl methyl sites for hydroxylation is 1. The Morgan fingerprint density at radius 2 is 2.11 bits per heavy atom. The van der Waals surface area contributed by atoms with Crippen molar-refractivity contribution in [3.05, 3.63) is 48.0 Å². The van der Waals surface area contributed by atoms with Crippen LogP contribution in [-0.2, 0) is 16.6 Å². The number of anilines is 1. The van der Waals surface area contributed by atoms with Crippen LogP contribution in [0.5, 0.6) is 0 Å². The molecule has 0 amide bonds. The molecule has 6 nitrogen and oxygen atoms in total. The minimum absolute atomic E-state index is 0.0245. The Labute approximate surface area is 111 Å². The number of nitrogens with two attached hydrogens (primary N) is 1. The molecule has 3 N–H and O–H groups in total. The lowest BCUT2D eigenvalue weighted by molar-refractivity contribution is 0.580. The van der Waals surface area contributed by atoms with Crippen LogP contribution in [0.25, 0.3) is 0 Å². The second-order valence-electron chi connectivity index (χ2n) is 4.01. The molecule has 0 saturated carbocycles. The molecule has 2 heterocycles. The van der Waals surface area contributed by atoms with Crippen molar-refractivity contribution < 1.29 is 8.42 Å². The van der Waals surface area contributed by atoms with E-state index >= 15 is 0 Å². The van der Waals surface area contributed by atoms with Crippen LogP contribution in [-0.4, -0.2) is 18.4 Å². The first kappa shape index (κ1) is 13.4. The van der Waals surface area contributed by atoms with Crippen LogP contribution in [0.15, 0.2) is 41.7 Å². The van der Waals surface area contributed by atoms with Crippen molar-refractivity contribution in [1.29, 1.82) is 0 Å². The van der Waals surface area contributed by atoms with Crippen molar-refractivity contribution in [2.45, 2.75) is 18.4 Å². The van der Waals surface area contributed by atoms with Gasteiger partial charge in [-0.25, -0.2) is 13.1 Å². The molecule has 0 fully saturated rings. The van der Waals surface area contributed by atoms with Gasteiger partial charge in [0.2, 0.25) is 10.0 Å². The Morgan fingerprint density at radius 1 is 1.32 bits per heavy atom. The van der Waals surface area contributed by atoms with E-state index in [1.807, 2.05) is 13.0 Å². The second kappa shape index (κ2) is 5.33. The molecule has 0 saturated heterocycles. The summed E-state index contributed by atoms with van der Waals surface area (Å²) in [5.74, 6) is 0. The molecule has 19 heavy (non-hydrogen) atoms. The van der Waals surface area contributed by atoms with Gasteiger partial charge in [0.15, 0.2) is 0 Å². The number of sulfonamides is 1. The SMILES string of the molecule is Cc1cccnc1CNS(=O)(=O)c1cnccc1N. The van der Waals surface area contributed by atoms with E-state index < -0.39 is 10.0 Å². The minimum Gasteiger partial charge on any atom is -0.398 e. The fourth-order valence-corrected chi connectivity index (χ4v) is 2.62. The summed E-state index contributed by atoms with van der Waals surface area (Å²) in [5.41, 5.74) is 7.39. The van der Waals surface area contributed by atoms with Crippen molar-refractivity contribution in [2.24, 2.45) is 0 Å². The smallest absolute Gasteiger partial charge is 0.244 e. The number of nitrogens with one attached hydrogen (secondary N) is 1. The van der Waals surface area contributed by atoms with E-state index in [1.165, 1.54) is 18.5 Å². The maximum absolute atomic E-state index is 12.1. The molecule has 0 aliphatic carbocycles. The number of hydrogen-bond donors (Lipinski definition) is 2. The van der Waals surface area contributed by atoms with Gasteiger partial charge in [0, 0.05) is 18.6 Å². The Bertz CT molecular complexity index is 686. The van der Waals surface area contributed by atoms with Gasteiger partial charge >= 0.3 is 0 Å². The van der Waals surface area contributed by atoms with Gasteiger partial charge in [-0.1, -0.05) is 6.07 Å². The van der Waals surface area contributed by atoms with Gasteiger partial charge in [-0.05, 0) is 24.6 Å². The fourth-order valence-electron chi connectivity index (χ4n) is 1.56. The molecule has 2 aromatic heterocycles. The maximum atomic E-state index is 12.1. The highest BCUT2D eigenvalue weighted by Gasteiger charge is 2.17. The van der Waals surface area contributed by atoms with Gasteiger partial charge in [0.1, 0.15) is 4.90 Å². The largest absolute Gasteiger partial charge is 0.398 e. The molecular weight excluding hydrogens is 264 g/mol. The first-order valence-corrected chi connectivity index (χ1v) is 7.08. The quantitative estimate of drug-likeness (QED) is 0.863. The normalized spacial score (nSPS) is 11.4. The van der Waals surface area contributed by atoms with E-state index in [2.05, 4.69) is 14.7 Å². The Balaban J connectivity index is 2.20. The van der Waals surface area contributed by atoms with E-state index in [9.17, 15) is 8.42 Å². The van der Waals surface area contributed by atoms with Crippen molar-refractivity contribution in [1.82, 2.24) is 14.7 Å². The molecular formula is C12H14N4O2S. The lowest BCUT2D eigenvalue weighted by Crippen LogP contribution is -2.25. The molecule has 0 aliphatic heterocycles. The standard InChI is InChI=1S/C12H14N4O2S/c1-9-3-2-5-15-11(9)7-16-19(17,18)12-8-14-6-4-10(12)13/h2-6,8,16H,7H2,1H3,(H2,13,14). The first-order chi connectivity index (χ1) is 9.00. The van der Waals surface area contributed by atoms with Crippen LogP contribution < -0.4 is 10.5 Å². The van der Waals surface area contributed by atoms with Crippen molar-refractivity contribution in [3.8, 4) is 0 Å². The van der Waals surface area contributed by atoms with Crippen LogP contribution in [0.4, 0.5) is 5.69 Å². The molecule has 0 bridgehead atoms. The van der Waals surface area contributed by atoms with Crippen molar-refractivity contribution >= 4 is 15.7 Å². The van der Waals surface area contributed by atoms with Crippen LogP contribution in [0.3, 0.4) is 0 Å². The van der Waals surface area contributed by atoms with Crippen LogP contribution >= 0.6 is 0 Å². The van der Waals surface area contributed by atoms with Gasteiger partial charge < -0.3 is 5.73 Å². The van der Waals surface area contributed by atoms with E-state index in [0.717, 1.165) is 5.56 Å². The van der Waals surface area contributed by atoms with Crippen LogP contribution in [0.1, 0.15) is 11.3 Å². The van der Waals surface area contributed by atoms with Crippen molar-refractivity contribution in [2.75, 3.05) is 5.73 Å². The lowest BCUT2D eigenvalue weighted by Gasteiger charge is -2.09. The zero-order chi connectivity index (χ0) is 13.9. The number of rotatable bonds is 4. The maximum Gasteiger partial charge on any atom is 0.244 e. The monoisotopic (exact) mass is 278 g/mol. The Kier molecular flexibility index (Phi) is 3.77. The second-order valence-corrected chi connectivity index (χ2v) is 5.74. The molecule has 2 aromatic rings. The molecule has 0 spiro atoms. The third kappa shape index (κ3) is 3.07. The Hall–Kier alpha value is -1.99. The molecule has 2 rings (SSSR count). The van der Waals surface area contributed by atoms with Crippen molar-refractivity contribution in [3.63, 3.8) is 0 Å². The Morgan fingerprint density at radius 3 is 2.79 bits per heavy atom. The summed E-state index contributed by atoms with van der Waals surface area (Å²) in [6.45, 7) is 1.98. The number of aromatic nitrogens is 2. The molecule has 100 valence electrons. The van der Waals surface area contributed by atoms with E-state index in [0.29, 0.717) is 5.69 Å². The molecule has 0 aromatic carbocycles. The summed E-state index contributed by atoms with van der Waals surface area (Å²) >= 11 is 0. The summed E-state index contributed by atoms with van der Waals surface area (Å²) in [7, 11) is -3.68.